The van der Waals surface area contributed by atoms with Crippen molar-refractivity contribution in [1.82, 2.24) is 0 Å². The molecule has 1 heterocycles. The van der Waals surface area contributed by atoms with Crippen molar-refractivity contribution >= 4 is 0 Å². The maximum absolute atomic E-state index is 3.66. The van der Waals surface area contributed by atoms with E-state index in [4.69, 9.17) is 0 Å². The maximum Gasteiger partial charge on any atom is 0.168 e. The molecule has 0 aromatic carbocycles. The molecule has 0 radical (unpaired) electrons. The molecule has 1 nitrogen and oxygen atoms in total. The van der Waals surface area contributed by atoms with E-state index in [1.165, 1.54) is 0 Å². The SMILES string of the molecule is C=CCC[n+]1ccccc1. The normalized spacial score (nSPS) is 9.20. The van der Waals surface area contributed by atoms with E-state index < -0.39 is 0 Å². The highest BCUT2D eigenvalue weighted by Gasteiger charge is 1.92. The number of rotatable bonds is 3. The fraction of sp³-hybridized carbons (Fsp3) is 0.222. The van der Waals surface area contributed by atoms with Crippen molar-refractivity contribution in [2.75, 3.05) is 0 Å². The Bertz CT molecular complexity index is 191. The summed E-state index contributed by atoms with van der Waals surface area (Å²) in [4.78, 5) is 0. The number of aryl methyl sites for hydroxylation is 1. The standard InChI is InChI=1S/C9H12N/c1-2-3-7-10-8-5-4-6-9-10/h2,4-6,8-9H,1,3,7H2/q+1. The summed E-state index contributed by atoms with van der Waals surface area (Å²) in [5.41, 5.74) is 0. The molecular weight excluding hydrogens is 122 g/mol. The molecule has 0 unspecified atom stereocenters. The van der Waals surface area contributed by atoms with Crippen molar-refractivity contribution in [3.05, 3.63) is 43.2 Å². The second-order valence-electron chi connectivity index (χ2n) is 2.19. The zero-order valence-electron chi connectivity index (χ0n) is 6.03. The Balaban J connectivity index is 2.50. The van der Waals surface area contributed by atoms with E-state index in [-0.39, 0.29) is 0 Å². The molecule has 0 atom stereocenters. The minimum atomic E-state index is 1.03. The summed E-state index contributed by atoms with van der Waals surface area (Å²) in [7, 11) is 0. The van der Waals surface area contributed by atoms with Crippen LogP contribution >= 0.6 is 0 Å². The molecule has 0 aliphatic carbocycles. The van der Waals surface area contributed by atoms with E-state index in [0.29, 0.717) is 0 Å². The number of pyridine rings is 1. The van der Waals surface area contributed by atoms with E-state index in [2.05, 4.69) is 23.5 Å². The highest BCUT2D eigenvalue weighted by atomic mass is 14.9. The molecule has 1 aromatic rings. The third-order valence-electron chi connectivity index (χ3n) is 1.37. The lowest BCUT2D eigenvalue weighted by molar-refractivity contribution is -0.696. The summed E-state index contributed by atoms with van der Waals surface area (Å²) in [6.45, 7) is 4.69. The van der Waals surface area contributed by atoms with Gasteiger partial charge in [-0.15, -0.1) is 6.58 Å². The molecule has 52 valence electrons. The van der Waals surface area contributed by atoms with Crippen LogP contribution in [0.4, 0.5) is 0 Å². The minimum Gasteiger partial charge on any atom is -0.205 e. The zero-order valence-corrected chi connectivity index (χ0v) is 6.03. The first-order valence-electron chi connectivity index (χ1n) is 3.48. The fourth-order valence-electron chi connectivity index (χ4n) is 0.824. The van der Waals surface area contributed by atoms with Gasteiger partial charge in [-0.05, 0) is 0 Å². The predicted molar refractivity (Wildman–Crippen MR) is 41.5 cm³/mol. The molecule has 0 aliphatic rings. The maximum atomic E-state index is 3.66. The van der Waals surface area contributed by atoms with Gasteiger partial charge in [-0.3, -0.25) is 0 Å². The Morgan fingerprint density at radius 2 is 1.90 bits per heavy atom. The van der Waals surface area contributed by atoms with E-state index in [0.717, 1.165) is 13.0 Å². The predicted octanol–water partition coefficient (Wildman–Crippen LogP) is 1.55. The van der Waals surface area contributed by atoms with Gasteiger partial charge in [0.05, 0.1) is 0 Å². The quantitative estimate of drug-likeness (QED) is 0.436. The largest absolute Gasteiger partial charge is 0.205 e. The lowest BCUT2D eigenvalue weighted by atomic mass is 10.4. The topological polar surface area (TPSA) is 3.88 Å². The van der Waals surface area contributed by atoms with Crippen molar-refractivity contribution in [1.29, 1.82) is 0 Å². The molecule has 0 saturated carbocycles. The molecule has 0 aliphatic heterocycles. The molecule has 0 spiro atoms. The highest BCUT2D eigenvalue weighted by molar-refractivity contribution is 4.83. The van der Waals surface area contributed by atoms with Gasteiger partial charge in [0.2, 0.25) is 0 Å². The van der Waals surface area contributed by atoms with Gasteiger partial charge in [0, 0.05) is 18.6 Å². The number of aromatic nitrogens is 1. The van der Waals surface area contributed by atoms with Crippen LogP contribution in [0.15, 0.2) is 43.2 Å². The van der Waals surface area contributed by atoms with Crippen LogP contribution in [0.25, 0.3) is 0 Å². The van der Waals surface area contributed by atoms with Crippen molar-refractivity contribution in [2.45, 2.75) is 13.0 Å². The minimum absolute atomic E-state index is 1.03. The Hall–Kier alpha value is -1.11. The van der Waals surface area contributed by atoms with Crippen molar-refractivity contribution in [2.24, 2.45) is 0 Å². The van der Waals surface area contributed by atoms with Crippen LogP contribution in [0.2, 0.25) is 0 Å². The molecule has 0 bridgehead atoms. The first kappa shape index (κ1) is 7.00. The van der Waals surface area contributed by atoms with Gasteiger partial charge in [-0.25, -0.2) is 4.57 Å². The number of nitrogens with zero attached hydrogens (tertiary/aromatic N) is 1. The van der Waals surface area contributed by atoms with Crippen molar-refractivity contribution in [3.8, 4) is 0 Å². The van der Waals surface area contributed by atoms with Crippen LogP contribution in [-0.2, 0) is 6.54 Å². The first-order chi connectivity index (χ1) is 4.93. The number of hydrogen-bond acceptors (Lipinski definition) is 0. The smallest absolute Gasteiger partial charge is 0.168 e. The molecule has 10 heavy (non-hydrogen) atoms. The summed E-state index contributed by atoms with van der Waals surface area (Å²) in [6.07, 6.45) is 7.08. The van der Waals surface area contributed by atoms with E-state index in [1.807, 2.05) is 24.3 Å². The van der Waals surface area contributed by atoms with Gasteiger partial charge < -0.3 is 0 Å². The third-order valence-corrected chi connectivity index (χ3v) is 1.37. The van der Waals surface area contributed by atoms with Gasteiger partial charge in [0.15, 0.2) is 18.9 Å². The van der Waals surface area contributed by atoms with Crippen LogP contribution in [0, 0.1) is 0 Å². The molecule has 0 amide bonds. The Morgan fingerprint density at radius 1 is 1.20 bits per heavy atom. The Kier molecular flexibility index (Phi) is 2.68. The lowest BCUT2D eigenvalue weighted by Gasteiger charge is -1.89. The highest BCUT2D eigenvalue weighted by Crippen LogP contribution is 1.81. The molecule has 0 N–H and O–H groups in total. The average molecular weight is 134 g/mol. The molecule has 0 saturated heterocycles. The van der Waals surface area contributed by atoms with Gasteiger partial charge >= 0.3 is 0 Å². The van der Waals surface area contributed by atoms with Gasteiger partial charge in [-0.1, -0.05) is 12.1 Å². The third kappa shape index (κ3) is 2.02. The fourth-order valence-corrected chi connectivity index (χ4v) is 0.824. The summed E-state index contributed by atoms with van der Waals surface area (Å²) in [6, 6.07) is 6.08. The van der Waals surface area contributed by atoms with Gasteiger partial charge in [-0.2, -0.15) is 0 Å². The van der Waals surface area contributed by atoms with Gasteiger partial charge in [0.25, 0.3) is 0 Å². The Morgan fingerprint density at radius 3 is 2.50 bits per heavy atom. The van der Waals surface area contributed by atoms with E-state index in [1.54, 1.807) is 0 Å². The Labute approximate surface area is 61.6 Å². The second kappa shape index (κ2) is 3.83. The van der Waals surface area contributed by atoms with Crippen LogP contribution in [0.5, 0.6) is 0 Å². The summed E-state index contributed by atoms with van der Waals surface area (Å²) < 4.78 is 2.14. The lowest BCUT2D eigenvalue weighted by Crippen LogP contribution is -2.31. The van der Waals surface area contributed by atoms with Crippen molar-refractivity contribution in [3.63, 3.8) is 0 Å². The average Bonchev–Trinajstić information content (AvgIpc) is 2.03. The van der Waals surface area contributed by atoms with Gasteiger partial charge in [0.1, 0.15) is 0 Å². The van der Waals surface area contributed by atoms with Crippen molar-refractivity contribution < 1.29 is 4.57 Å². The summed E-state index contributed by atoms with van der Waals surface area (Å²) in [5, 5.41) is 0. The zero-order chi connectivity index (χ0) is 7.23. The van der Waals surface area contributed by atoms with E-state index >= 15 is 0 Å². The molecule has 1 aromatic heterocycles. The summed E-state index contributed by atoms with van der Waals surface area (Å²) >= 11 is 0. The second-order valence-corrected chi connectivity index (χ2v) is 2.19. The van der Waals surface area contributed by atoms with Crippen LogP contribution in [0.3, 0.4) is 0 Å². The molecular formula is C9H12N+. The van der Waals surface area contributed by atoms with Crippen LogP contribution in [0.1, 0.15) is 6.42 Å². The first-order valence-corrected chi connectivity index (χ1v) is 3.48. The van der Waals surface area contributed by atoms with Crippen LogP contribution < -0.4 is 4.57 Å². The number of allylic oxidation sites excluding steroid dienone is 1. The monoisotopic (exact) mass is 134 g/mol. The molecule has 0 fully saturated rings. The number of hydrogen-bond donors (Lipinski definition) is 0. The molecule has 1 heteroatoms. The van der Waals surface area contributed by atoms with E-state index in [9.17, 15) is 0 Å². The summed E-state index contributed by atoms with van der Waals surface area (Å²) in [5.74, 6) is 0. The molecule has 1 rings (SSSR count). The van der Waals surface area contributed by atoms with Crippen LogP contribution in [-0.4, -0.2) is 0 Å².